The molecule has 0 spiro atoms. The highest BCUT2D eigenvalue weighted by Gasteiger charge is 2.16. The molecule has 0 saturated heterocycles. The molecule has 1 aromatic heterocycles. The quantitative estimate of drug-likeness (QED) is 0.838. The maximum absolute atomic E-state index is 13.5. The third kappa shape index (κ3) is 2.06. The van der Waals surface area contributed by atoms with Crippen LogP contribution in [0.3, 0.4) is 0 Å². The third-order valence-electron chi connectivity index (χ3n) is 2.31. The van der Waals surface area contributed by atoms with Crippen molar-refractivity contribution in [2.75, 3.05) is 0 Å². The van der Waals surface area contributed by atoms with E-state index >= 15 is 0 Å². The van der Waals surface area contributed by atoms with E-state index in [1.165, 1.54) is 24.7 Å². The van der Waals surface area contributed by atoms with Gasteiger partial charge >= 0.3 is 0 Å². The average molecular weight is 218 g/mol. The summed E-state index contributed by atoms with van der Waals surface area (Å²) in [6.07, 6.45) is 3.32. The second kappa shape index (κ2) is 4.37. The molecule has 1 unspecified atom stereocenters. The molecular weight excluding hydrogens is 207 g/mol. The molecule has 0 aliphatic carbocycles. The van der Waals surface area contributed by atoms with Gasteiger partial charge in [0.05, 0.1) is 11.9 Å². The van der Waals surface area contributed by atoms with E-state index in [0.29, 0.717) is 5.69 Å². The van der Waals surface area contributed by atoms with Crippen molar-refractivity contribution in [3.05, 3.63) is 59.4 Å². The Labute approximate surface area is 92.6 Å². The summed E-state index contributed by atoms with van der Waals surface area (Å²) < 4.78 is 13.5. The molecule has 3 nitrogen and oxygen atoms in total. The lowest BCUT2D eigenvalue weighted by molar-refractivity contribution is 0.209. The normalized spacial score (nSPS) is 12.4. The van der Waals surface area contributed by atoms with Gasteiger partial charge in [0.2, 0.25) is 0 Å². The molecule has 1 heterocycles. The standard InChI is InChI=1S/C12H11FN2O/c1-8-2-3-10(13)9(6-8)12(16)11-7-14-4-5-15-11/h2-7,12,16H,1H3. The predicted octanol–water partition coefficient (Wildman–Crippen LogP) is 2.01. The minimum atomic E-state index is -1.08. The summed E-state index contributed by atoms with van der Waals surface area (Å²) in [6, 6.07) is 4.60. The molecule has 0 saturated carbocycles. The Morgan fingerprint density at radius 3 is 2.81 bits per heavy atom. The summed E-state index contributed by atoms with van der Waals surface area (Å²) in [6.45, 7) is 1.84. The summed E-state index contributed by atoms with van der Waals surface area (Å²) in [5.41, 5.74) is 1.45. The van der Waals surface area contributed by atoms with Crippen LogP contribution in [-0.2, 0) is 0 Å². The molecule has 2 rings (SSSR count). The van der Waals surface area contributed by atoms with Crippen LogP contribution >= 0.6 is 0 Å². The fourth-order valence-electron chi connectivity index (χ4n) is 1.48. The number of nitrogens with zero attached hydrogens (tertiary/aromatic N) is 2. The first kappa shape index (κ1) is 10.7. The van der Waals surface area contributed by atoms with Crippen molar-refractivity contribution in [2.24, 2.45) is 0 Å². The molecule has 1 aromatic carbocycles. The molecule has 1 atom stereocenters. The van der Waals surface area contributed by atoms with Crippen molar-refractivity contribution in [1.29, 1.82) is 0 Å². The van der Waals surface area contributed by atoms with Crippen LogP contribution in [0.4, 0.5) is 4.39 Å². The Hall–Kier alpha value is -1.81. The molecule has 0 bridgehead atoms. The van der Waals surface area contributed by atoms with Gasteiger partial charge in [-0.3, -0.25) is 9.97 Å². The maximum atomic E-state index is 13.5. The van der Waals surface area contributed by atoms with Gasteiger partial charge in [0, 0.05) is 18.0 Å². The summed E-state index contributed by atoms with van der Waals surface area (Å²) in [7, 11) is 0. The number of benzene rings is 1. The van der Waals surface area contributed by atoms with E-state index in [2.05, 4.69) is 9.97 Å². The molecule has 0 fully saturated rings. The molecule has 0 radical (unpaired) electrons. The molecule has 0 aliphatic rings. The van der Waals surface area contributed by atoms with Gasteiger partial charge in [-0.1, -0.05) is 17.7 Å². The smallest absolute Gasteiger partial charge is 0.129 e. The highest BCUT2D eigenvalue weighted by molar-refractivity contribution is 5.29. The number of aromatic nitrogens is 2. The van der Waals surface area contributed by atoms with E-state index in [9.17, 15) is 9.50 Å². The zero-order valence-electron chi connectivity index (χ0n) is 8.76. The third-order valence-corrected chi connectivity index (χ3v) is 2.31. The van der Waals surface area contributed by atoms with Crippen molar-refractivity contribution in [1.82, 2.24) is 9.97 Å². The first-order valence-corrected chi connectivity index (χ1v) is 4.88. The van der Waals surface area contributed by atoms with E-state index < -0.39 is 11.9 Å². The van der Waals surface area contributed by atoms with Gasteiger partial charge in [-0.05, 0) is 13.0 Å². The molecule has 16 heavy (non-hydrogen) atoms. The van der Waals surface area contributed by atoms with E-state index in [1.807, 2.05) is 6.92 Å². The van der Waals surface area contributed by atoms with Crippen LogP contribution in [0.2, 0.25) is 0 Å². The van der Waals surface area contributed by atoms with Crippen LogP contribution in [0, 0.1) is 12.7 Å². The lowest BCUT2D eigenvalue weighted by Gasteiger charge is -2.11. The minimum absolute atomic E-state index is 0.223. The Kier molecular flexibility index (Phi) is 2.92. The van der Waals surface area contributed by atoms with Crippen LogP contribution in [-0.4, -0.2) is 15.1 Å². The second-order valence-electron chi connectivity index (χ2n) is 3.56. The van der Waals surface area contributed by atoms with Crippen LogP contribution < -0.4 is 0 Å². The number of aliphatic hydroxyl groups is 1. The van der Waals surface area contributed by atoms with Crippen LogP contribution in [0.15, 0.2) is 36.8 Å². The first-order chi connectivity index (χ1) is 7.68. The van der Waals surface area contributed by atoms with Gasteiger partial charge < -0.3 is 5.11 Å². The summed E-state index contributed by atoms with van der Waals surface area (Å²) in [4.78, 5) is 7.79. The van der Waals surface area contributed by atoms with Gasteiger partial charge in [0.25, 0.3) is 0 Å². The number of hydrogen-bond donors (Lipinski definition) is 1. The molecule has 4 heteroatoms. The number of rotatable bonds is 2. The van der Waals surface area contributed by atoms with Gasteiger partial charge in [0.1, 0.15) is 11.9 Å². The summed E-state index contributed by atoms with van der Waals surface area (Å²) in [5.74, 6) is -0.441. The monoisotopic (exact) mass is 218 g/mol. The first-order valence-electron chi connectivity index (χ1n) is 4.88. The topological polar surface area (TPSA) is 46.0 Å². The molecule has 1 N–H and O–H groups in total. The zero-order valence-corrected chi connectivity index (χ0v) is 8.76. The van der Waals surface area contributed by atoms with Crippen LogP contribution in [0.1, 0.15) is 22.9 Å². The number of halogens is 1. The Morgan fingerprint density at radius 2 is 2.12 bits per heavy atom. The van der Waals surface area contributed by atoms with Crippen molar-refractivity contribution < 1.29 is 9.50 Å². The average Bonchev–Trinajstić information content (AvgIpc) is 2.32. The Morgan fingerprint density at radius 1 is 1.31 bits per heavy atom. The fraction of sp³-hybridized carbons (Fsp3) is 0.167. The number of hydrogen-bond acceptors (Lipinski definition) is 3. The summed E-state index contributed by atoms with van der Waals surface area (Å²) >= 11 is 0. The van der Waals surface area contributed by atoms with Crippen LogP contribution in [0.25, 0.3) is 0 Å². The van der Waals surface area contributed by atoms with E-state index in [0.717, 1.165) is 5.56 Å². The van der Waals surface area contributed by atoms with Gasteiger partial charge in [-0.15, -0.1) is 0 Å². The maximum Gasteiger partial charge on any atom is 0.129 e. The Balaban J connectivity index is 2.41. The fourth-order valence-corrected chi connectivity index (χ4v) is 1.48. The lowest BCUT2D eigenvalue weighted by Crippen LogP contribution is -2.05. The predicted molar refractivity (Wildman–Crippen MR) is 57.2 cm³/mol. The van der Waals surface area contributed by atoms with Gasteiger partial charge in [0.15, 0.2) is 0 Å². The zero-order chi connectivity index (χ0) is 11.5. The molecule has 0 amide bonds. The lowest BCUT2D eigenvalue weighted by atomic mass is 10.0. The molecule has 82 valence electrons. The van der Waals surface area contributed by atoms with Crippen LogP contribution in [0.5, 0.6) is 0 Å². The molecule has 0 aliphatic heterocycles. The highest BCUT2D eigenvalue weighted by atomic mass is 19.1. The highest BCUT2D eigenvalue weighted by Crippen LogP contribution is 2.23. The van der Waals surface area contributed by atoms with Crippen molar-refractivity contribution >= 4 is 0 Å². The van der Waals surface area contributed by atoms with E-state index in [4.69, 9.17) is 0 Å². The van der Waals surface area contributed by atoms with E-state index in [-0.39, 0.29) is 5.56 Å². The van der Waals surface area contributed by atoms with Crippen molar-refractivity contribution in [3.63, 3.8) is 0 Å². The summed E-state index contributed by atoms with van der Waals surface area (Å²) in [5, 5.41) is 9.95. The number of aryl methyl sites for hydroxylation is 1. The minimum Gasteiger partial charge on any atom is -0.382 e. The number of aliphatic hydroxyl groups excluding tert-OH is 1. The van der Waals surface area contributed by atoms with Gasteiger partial charge in [-0.2, -0.15) is 0 Å². The second-order valence-corrected chi connectivity index (χ2v) is 3.56. The largest absolute Gasteiger partial charge is 0.382 e. The molecular formula is C12H11FN2O. The molecule has 2 aromatic rings. The Bertz CT molecular complexity index is 488. The van der Waals surface area contributed by atoms with Gasteiger partial charge in [-0.25, -0.2) is 4.39 Å². The van der Waals surface area contributed by atoms with Crippen molar-refractivity contribution in [3.8, 4) is 0 Å². The van der Waals surface area contributed by atoms with E-state index in [1.54, 1.807) is 12.1 Å². The SMILES string of the molecule is Cc1ccc(F)c(C(O)c2cnccn2)c1. The van der Waals surface area contributed by atoms with Crippen molar-refractivity contribution in [2.45, 2.75) is 13.0 Å².